The molecular weight excluding hydrogens is 691 g/mol. The summed E-state index contributed by atoms with van der Waals surface area (Å²) in [7, 11) is 0. The van der Waals surface area contributed by atoms with Crippen molar-refractivity contribution in [2.24, 2.45) is 0 Å². The van der Waals surface area contributed by atoms with Gasteiger partial charge in [-0.15, -0.1) is 0 Å². The molecule has 11 rings (SSSR count). The van der Waals surface area contributed by atoms with Crippen molar-refractivity contribution in [1.29, 1.82) is 0 Å². The minimum Gasteiger partial charge on any atom is -0.455 e. The number of para-hydroxylation sites is 1. The maximum absolute atomic E-state index is 10.5. The molecule has 0 unspecified atom stereocenters. The van der Waals surface area contributed by atoms with Crippen LogP contribution in [0.5, 0.6) is 0 Å². The summed E-state index contributed by atoms with van der Waals surface area (Å²) in [5.41, 5.74) is -21.1. The fraction of sp³-hybridized carbons (Fsp3) is 0.0545. The molecule has 0 aliphatic heterocycles. The van der Waals surface area contributed by atoms with Gasteiger partial charge in [0, 0.05) is 46.4 Å². The molecule has 0 N–H and O–H groups in total. The summed E-state index contributed by atoms with van der Waals surface area (Å²) < 4.78 is 364. The van der Waals surface area contributed by atoms with Crippen LogP contribution in [0.2, 0.25) is 0 Å². The third-order valence-electron chi connectivity index (χ3n) is 9.05. The number of furan rings is 1. The predicted octanol–water partition coefficient (Wildman–Crippen LogP) is 15.5. The first kappa shape index (κ1) is 12.2. The predicted molar refractivity (Wildman–Crippen MR) is 240 cm³/mol. The number of anilines is 3. The van der Waals surface area contributed by atoms with Gasteiger partial charge in [0.15, 0.2) is 0 Å². The Morgan fingerprint density at radius 2 is 1.02 bits per heavy atom. The summed E-state index contributed by atoms with van der Waals surface area (Å²) in [5.74, 6) is 0. The van der Waals surface area contributed by atoms with Crippen molar-refractivity contribution in [2.75, 3.05) is 4.90 Å². The summed E-state index contributed by atoms with van der Waals surface area (Å²) in [4.78, 5) is 0.172. The summed E-state index contributed by atoms with van der Waals surface area (Å²) in [6.07, 6.45) is 0. The third kappa shape index (κ3) is 5.33. The molecule has 0 saturated heterocycles. The molecule has 9 aromatic carbocycles. The second-order valence-electron chi connectivity index (χ2n) is 12.3. The average molecular weight is 769 g/mol. The normalized spacial score (nSPS) is 23.0. The van der Waals surface area contributed by atoms with E-state index in [1.807, 2.05) is 0 Å². The lowest BCUT2D eigenvalue weighted by atomic mass is 9.82. The molecule has 1 aliphatic rings. The maximum atomic E-state index is 10.5. The van der Waals surface area contributed by atoms with Gasteiger partial charge in [-0.05, 0) is 86.3 Å². The molecule has 0 spiro atoms. The second kappa shape index (κ2) is 13.0. The van der Waals surface area contributed by atoms with E-state index in [9.17, 15) is 21.9 Å². The van der Waals surface area contributed by atoms with Crippen LogP contribution in [0.1, 0.15) is 78.3 Å². The average Bonchev–Trinajstić information content (AvgIpc) is 1.40. The minimum atomic E-state index is -4.16. The molecule has 270 valence electrons. The van der Waals surface area contributed by atoms with E-state index >= 15 is 0 Å². The van der Waals surface area contributed by atoms with Crippen LogP contribution in [0.15, 0.2) is 204 Å². The maximum Gasteiger partial charge on any atom is 0.143 e. The van der Waals surface area contributed by atoms with Gasteiger partial charge in [0.05, 0.1) is 56.6 Å². The van der Waals surface area contributed by atoms with Crippen molar-refractivity contribution in [3.8, 4) is 44.5 Å². The first-order valence-corrected chi connectivity index (χ1v) is 16.6. The van der Waals surface area contributed by atoms with Crippen molar-refractivity contribution >= 4 is 49.8 Å². The Morgan fingerprint density at radius 1 is 0.421 bits per heavy atom. The van der Waals surface area contributed by atoms with Gasteiger partial charge in [-0.25, -0.2) is 0 Å². The zero-order valence-corrected chi connectivity index (χ0v) is 28.4. The lowest BCUT2D eigenvalue weighted by Crippen LogP contribution is -2.17. The Balaban J connectivity index is 1.46. The van der Waals surface area contributed by atoms with Crippen molar-refractivity contribution < 1.29 is 57.9 Å². The first-order valence-electron chi connectivity index (χ1n) is 36.1. The van der Waals surface area contributed by atoms with E-state index in [0.717, 1.165) is 0 Å². The van der Waals surface area contributed by atoms with Gasteiger partial charge in [-0.1, -0.05) is 177 Å². The highest BCUT2D eigenvalue weighted by atomic mass is 16.3. The van der Waals surface area contributed by atoms with E-state index in [1.54, 1.807) is 0 Å². The molecule has 0 radical (unpaired) electrons. The topological polar surface area (TPSA) is 16.4 Å². The summed E-state index contributed by atoms with van der Waals surface area (Å²) in [5, 5.41) is -3.87. The molecule has 1 aliphatic carbocycles. The van der Waals surface area contributed by atoms with Crippen LogP contribution in [0.4, 0.5) is 17.1 Å². The molecule has 0 fully saturated rings. The number of hydrogen-bond donors (Lipinski definition) is 0. The molecular formula is C55H39NO. The van der Waals surface area contributed by atoms with Crippen molar-refractivity contribution in [1.82, 2.24) is 0 Å². The molecule has 1 heterocycles. The molecule has 0 atom stereocenters. The zero-order valence-electron chi connectivity index (χ0n) is 67.4. The van der Waals surface area contributed by atoms with Crippen LogP contribution in [-0.4, -0.2) is 0 Å². The van der Waals surface area contributed by atoms with Gasteiger partial charge in [-0.3, -0.25) is 0 Å². The van der Waals surface area contributed by atoms with Crippen LogP contribution in [0.25, 0.3) is 77.2 Å². The molecule has 0 amide bonds. The zero-order chi connectivity index (χ0) is 71.8. The van der Waals surface area contributed by atoms with Gasteiger partial charge >= 0.3 is 0 Å². The van der Waals surface area contributed by atoms with Gasteiger partial charge < -0.3 is 9.32 Å². The smallest absolute Gasteiger partial charge is 0.143 e. The van der Waals surface area contributed by atoms with Gasteiger partial charge in [-0.2, -0.15) is 0 Å². The van der Waals surface area contributed by atoms with Gasteiger partial charge in [0.1, 0.15) is 11.2 Å². The summed E-state index contributed by atoms with van der Waals surface area (Å²) in [6.45, 7) is -8.32. The molecule has 2 nitrogen and oxygen atoms in total. The largest absolute Gasteiger partial charge is 0.455 e. The van der Waals surface area contributed by atoms with E-state index < -0.39 is 324 Å². The number of nitrogens with zero attached hydrogens (tertiary/aromatic N) is 1. The van der Waals surface area contributed by atoms with E-state index in [4.69, 9.17) is 35.9 Å². The van der Waals surface area contributed by atoms with E-state index in [-0.39, 0.29) is 4.90 Å². The molecule has 10 aromatic rings. The molecule has 1 aromatic heterocycles. The molecule has 0 saturated carbocycles. The Morgan fingerprint density at radius 3 is 1.79 bits per heavy atom. The minimum absolute atomic E-state index is 0.172. The van der Waals surface area contributed by atoms with Crippen molar-refractivity contribution in [3.05, 3.63) is 211 Å². The lowest BCUT2D eigenvalue weighted by molar-refractivity contribution is 0.660. The lowest BCUT2D eigenvalue weighted by Gasteiger charge is -2.31. The third-order valence-corrected chi connectivity index (χ3v) is 9.05. The Kier molecular flexibility index (Phi) is 2.77. The fourth-order valence-electron chi connectivity index (χ4n) is 6.52. The van der Waals surface area contributed by atoms with Crippen LogP contribution in [0, 0.1) is 0 Å². The van der Waals surface area contributed by atoms with E-state index in [0.29, 0.717) is 0 Å². The monoisotopic (exact) mass is 769 g/mol. The van der Waals surface area contributed by atoms with Crippen molar-refractivity contribution in [2.45, 2.75) is 19.1 Å². The van der Waals surface area contributed by atoms with Crippen LogP contribution in [-0.2, 0) is 5.41 Å². The van der Waals surface area contributed by atoms with E-state index in [2.05, 4.69) is 0 Å². The second-order valence-corrected chi connectivity index (χ2v) is 12.3. The highest BCUT2D eigenvalue weighted by Crippen LogP contribution is 2.52. The first-order chi connectivity index (χ1) is 44.3. The van der Waals surface area contributed by atoms with Crippen molar-refractivity contribution in [3.63, 3.8) is 0 Å². The SMILES string of the molecule is [2H]c1c([2H])c([2H])c(-c2c([2H])c([2H])c(-c3c([2H])c([2H])c([2H])c([2H])c3N(c3c([2H])c([2H])c4c(c3[2H])C(C([2H])([2H])[2H])(C([2H])([2H])[2H])c3c([2H])c([2H])c([2H])c([2H])c3-4)c3c([2H])c4c(oc5c([2H])c(-c6c([2H])c([2H])c([2H])c([2H])c6[2H])c([2H])c([2H])c54)c4c([2H])c([2H])c([2H])c([2H])c34)c([2H])c2[2H])c([2H])c1[2H]. The highest BCUT2D eigenvalue weighted by molar-refractivity contribution is 6.20. The molecule has 0 bridgehead atoms. The molecule has 57 heavy (non-hydrogen) atoms. The van der Waals surface area contributed by atoms with Crippen LogP contribution in [0.3, 0.4) is 0 Å². The summed E-state index contributed by atoms with van der Waals surface area (Å²) >= 11 is 0. The van der Waals surface area contributed by atoms with E-state index in [1.165, 1.54) is 0 Å². The number of hydrogen-bond acceptors (Lipinski definition) is 2. The van der Waals surface area contributed by atoms with Gasteiger partial charge in [0.25, 0.3) is 0 Å². The Hall–Kier alpha value is -7.16. The van der Waals surface area contributed by atoms with Gasteiger partial charge in [0.2, 0.25) is 0 Å². The highest BCUT2D eigenvalue weighted by Gasteiger charge is 2.36. The quantitative estimate of drug-likeness (QED) is 0.167. The number of benzene rings is 9. The standard InChI is InChI=1S/C55H39NO/c1-55(2)49-23-13-11-20-43(49)44-32-30-41(34-50(44)55)56(51-24-14-12-19-42(51)39-27-25-38(26-28-39)36-15-5-3-6-16-36)52-35-48-46-31-29-40(37-17-7-4-8-18-37)33-53(46)57-54(48)47-22-10-9-21-45(47)52/h3-35H,1-2H3/i1D3,2D3,3D,4D,5D,6D,7D,8D,9D,10D,11D,12D,13D,14D,15D,16D,17D,18D,19D,20D,21D,22D,23D,24D,25D,26D,27D,28D,29D,30D,31D,32D,33D,34D,35D. The van der Waals surface area contributed by atoms with Crippen LogP contribution >= 0.6 is 0 Å². The molecule has 2 heteroatoms. The fourth-order valence-corrected chi connectivity index (χ4v) is 6.52. The van der Waals surface area contributed by atoms with Crippen LogP contribution < -0.4 is 4.90 Å². The summed E-state index contributed by atoms with van der Waals surface area (Å²) in [6, 6.07) is -40.1. The Bertz CT molecular complexity index is 5210. The Labute approximate surface area is 387 Å². The number of rotatable bonds is 6. The number of fused-ring (bicyclic) bond motifs is 8.